The van der Waals surface area contributed by atoms with Crippen LogP contribution in [0.25, 0.3) is 20.9 Å². The number of rotatable bonds is 45. The maximum atomic E-state index is 15.1. The molecule has 1 aliphatic carbocycles. The number of aromatic nitrogens is 2. The second-order valence-corrected chi connectivity index (χ2v) is 23.6. The van der Waals surface area contributed by atoms with E-state index in [4.69, 9.17) is 68.4 Å². The van der Waals surface area contributed by atoms with E-state index in [0.29, 0.717) is 115 Å². The van der Waals surface area contributed by atoms with Crippen molar-refractivity contribution >= 4 is 35.7 Å². The number of unbranched alkanes of at least 4 members (excludes halogenated alkanes) is 2. The monoisotopic (exact) mass is 1360 g/mol. The van der Waals surface area contributed by atoms with Crippen molar-refractivity contribution in [2.45, 2.75) is 148 Å². The Bertz CT molecular complexity index is 3170. The topological polar surface area (TPSA) is 348 Å². The van der Waals surface area contributed by atoms with Gasteiger partial charge in [0.25, 0.3) is 0 Å². The maximum Gasteiger partial charge on any atom is 0.416 e. The minimum atomic E-state index is -1.10. The van der Waals surface area contributed by atoms with Gasteiger partial charge in [0.2, 0.25) is 11.8 Å². The summed E-state index contributed by atoms with van der Waals surface area (Å²) in [6, 6.07) is 15.0. The second kappa shape index (κ2) is 46.0. The summed E-state index contributed by atoms with van der Waals surface area (Å²) < 4.78 is 83.5. The molecular weight excluding hydrogens is 1260 g/mol. The van der Waals surface area contributed by atoms with Crippen LogP contribution in [0.4, 0.5) is 19.4 Å². The number of hydrogen-bond donors (Lipinski definition) is 3. The van der Waals surface area contributed by atoms with E-state index in [0.717, 1.165) is 55.5 Å². The van der Waals surface area contributed by atoms with Crippen LogP contribution in [0.3, 0.4) is 0 Å². The van der Waals surface area contributed by atoms with Crippen LogP contribution in [0, 0.1) is 11.6 Å². The number of pyridine rings is 2. The molecule has 3 N–H and O–H groups in total. The highest BCUT2D eigenvalue weighted by Gasteiger charge is 2.29. The largest absolute Gasteiger partial charge is 0.488 e. The van der Waals surface area contributed by atoms with Crippen LogP contribution in [0.1, 0.15) is 150 Å². The number of carboxylic acids is 1. The number of carboxylic acid groups (broad SMARTS) is 1. The number of benzene rings is 2. The number of fused-ring (bicyclic) bond motifs is 2. The van der Waals surface area contributed by atoms with Gasteiger partial charge >= 0.3 is 18.0 Å². The molecule has 0 unspecified atom stereocenters. The number of amides is 3. The van der Waals surface area contributed by atoms with Gasteiger partial charge in [0.1, 0.15) is 24.6 Å². The Balaban J connectivity index is 0.000000357. The first-order valence-electron chi connectivity index (χ1n) is 33.2. The van der Waals surface area contributed by atoms with Crippen molar-refractivity contribution in [1.29, 1.82) is 0 Å². The number of carbonyl (C=O) groups excluding carboxylic acids is 4. The molecule has 29 heteroatoms. The fraction of sp³-hybridized carbons (Fsp3) is 0.603. The molecule has 1 aliphatic heterocycles. The van der Waals surface area contributed by atoms with Gasteiger partial charge in [-0.3, -0.25) is 29.1 Å². The molecule has 0 fully saturated rings. The van der Waals surface area contributed by atoms with Gasteiger partial charge in [-0.05, 0) is 174 Å². The SMILES string of the molecule is CCOC(=O)C[C@H](NC(=O)CCCCc1ccc2c(n1)N(C(=O)OC(C)(C)C)CCC2)c1ccc(OCCOCCOCCOCCN=[N+]=[N-])c(F)c1.[N-]=[N+]=NCCOCCOCCOCCOc1ccc([C@H](CC(=O)O)NC(=O)CCCCc2ccc3c(n2)CCCC3)cc1F. The van der Waals surface area contributed by atoms with Crippen molar-refractivity contribution in [2.75, 3.05) is 124 Å². The van der Waals surface area contributed by atoms with Crippen molar-refractivity contribution in [2.24, 2.45) is 10.2 Å². The summed E-state index contributed by atoms with van der Waals surface area (Å²) in [5.41, 5.74) is 21.9. The van der Waals surface area contributed by atoms with E-state index in [1.54, 1.807) is 24.0 Å². The number of aryl methyl sites for hydroxylation is 5. The van der Waals surface area contributed by atoms with Gasteiger partial charge < -0.3 is 63.1 Å². The molecule has 27 nitrogen and oxygen atoms in total. The van der Waals surface area contributed by atoms with Crippen molar-refractivity contribution in [3.05, 3.63) is 133 Å². The van der Waals surface area contributed by atoms with Crippen LogP contribution in [0.5, 0.6) is 11.5 Å². The van der Waals surface area contributed by atoms with Crippen LogP contribution in [-0.2, 0) is 89.2 Å². The van der Waals surface area contributed by atoms with E-state index in [-0.39, 0.29) is 95.1 Å². The molecule has 3 heterocycles. The van der Waals surface area contributed by atoms with Gasteiger partial charge in [-0.25, -0.2) is 18.6 Å². The van der Waals surface area contributed by atoms with Crippen LogP contribution in [-0.4, -0.2) is 169 Å². The van der Waals surface area contributed by atoms with E-state index in [1.165, 1.54) is 48.4 Å². The van der Waals surface area contributed by atoms with Crippen LogP contribution in [0.2, 0.25) is 0 Å². The Morgan fingerprint density at radius 1 is 0.598 bits per heavy atom. The molecule has 3 amide bonds. The summed E-state index contributed by atoms with van der Waals surface area (Å²) >= 11 is 0. The molecule has 0 spiro atoms. The molecule has 97 heavy (non-hydrogen) atoms. The summed E-state index contributed by atoms with van der Waals surface area (Å²) in [6.45, 7) is 12.6. The standard InChI is InChI=1S/C37H53FN6O9.C31H42FN5O7/c1-5-51-34(46)26-31(28-13-15-32(30(38)25-28)52-24-23-50-22-21-49-20-19-48-18-16-40-43-39)42-33(45)11-7-6-10-29-14-12-27-9-8-17-44(35(27)41-29)36(47)53-37(2,3)4;32-26-21-24(10-12-29(26)44-20-19-43-18-17-42-16-15-41-14-13-34-37-33)28(22-31(39)40)36-30(38)8-4-2-6-25-11-9-23-5-1-3-7-27(23)35-25/h12-15,25,31H,5-11,16-24,26H2,1-4H3,(H,42,45);9-12,21,28H,1-8,13-20,22H2,(H,36,38)(H,39,40)/t31-;28-/m00/s1. The summed E-state index contributed by atoms with van der Waals surface area (Å²) in [6.07, 6.45) is 9.68. The Labute approximate surface area is 565 Å². The highest BCUT2D eigenvalue weighted by Crippen LogP contribution is 2.30. The highest BCUT2D eigenvalue weighted by atomic mass is 19.1. The molecule has 532 valence electrons. The number of anilines is 1. The van der Waals surface area contributed by atoms with Crippen LogP contribution >= 0.6 is 0 Å². The average Bonchev–Trinajstić information content (AvgIpc) is 0.825. The number of nitrogens with one attached hydrogen (secondary N) is 2. The van der Waals surface area contributed by atoms with Crippen molar-refractivity contribution in [3.63, 3.8) is 0 Å². The van der Waals surface area contributed by atoms with E-state index < -0.39 is 47.4 Å². The molecule has 2 aromatic heterocycles. The summed E-state index contributed by atoms with van der Waals surface area (Å²) in [5.74, 6) is -2.85. The first-order valence-corrected chi connectivity index (χ1v) is 33.2. The lowest BCUT2D eigenvalue weighted by molar-refractivity contribution is -0.144. The molecule has 6 rings (SSSR count). The predicted molar refractivity (Wildman–Crippen MR) is 354 cm³/mol. The van der Waals surface area contributed by atoms with Gasteiger partial charge in [-0.2, -0.15) is 0 Å². The van der Waals surface area contributed by atoms with Gasteiger partial charge in [0.05, 0.1) is 111 Å². The molecule has 0 saturated heterocycles. The van der Waals surface area contributed by atoms with Crippen molar-refractivity contribution in [3.8, 4) is 11.5 Å². The second-order valence-electron chi connectivity index (χ2n) is 23.6. The zero-order valence-corrected chi connectivity index (χ0v) is 56.3. The van der Waals surface area contributed by atoms with Gasteiger partial charge in [-0.1, -0.05) is 34.5 Å². The lowest BCUT2D eigenvalue weighted by Crippen LogP contribution is -2.40. The number of azide groups is 2. The number of esters is 1. The Morgan fingerprint density at radius 3 is 1.55 bits per heavy atom. The number of carbonyl (C=O) groups is 5. The van der Waals surface area contributed by atoms with Gasteiger partial charge in [0.15, 0.2) is 23.1 Å². The van der Waals surface area contributed by atoms with E-state index in [1.807, 2.05) is 32.9 Å². The quantitative estimate of drug-likeness (QED) is 0.0122. The van der Waals surface area contributed by atoms with Crippen molar-refractivity contribution < 1.29 is 85.2 Å². The lowest BCUT2D eigenvalue weighted by Gasteiger charge is -2.31. The molecule has 2 atom stereocenters. The number of nitrogens with zero attached hydrogens (tertiary/aromatic N) is 9. The Kier molecular flexibility index (Phi) is 37.7. The summed E-state index contributed by atoms with van der Waals surface area (Å²) in [7, 11) is 0. The normalized spacial score (nSPS) is 13.0. The molecule has 4 aromatic rings. The first-order chi connectivity index (χ1) is 47.0. The average molecular weight is 1360 g/mol. The van der Waals surface area contributed by atoms with Crippen LogP contribution < -0.4 is 25.0 Å². The summed E-state index contributed by atoms with van der Waals surface area (Å²) in [5, 5.41) is 21.7. The van der Waals surface area contributed by atoms with E-state index in [9.17, 15) is 33.5 Å². The predicted octanol–water partition coefficient (Wildman–Crippen LogP) is 11.1. The van der Waals surface area contributed by atoms with Gasteiger partial charge in [0, 0.05) is 59.4 Å². The van der Waals surface area contributed by atoms with Gasteiger partial charge in [-0.15, -0.1) is 0 Å². The fourth-order valence-electron chi connectivity index (χ4n) is 10.2. The lowest BCUT2D eigenvalue weighted by atomic mass is 9.95. The molecule has 2 aromatic carbocycles. The first kappa shape index (κ1) is 79.4. The fourth-order valence-corrected chi connectivity index (χ4v) is 10.2. The summed E-state index contributed by atoms with van der Waals surface area (Å²) in [4.78, 5) is 78.7. The Hall–Kier alpha value is -8.27. The number of halogens is 2. The zero-order chi connectivity index (χ0) is 69.9. The minimum Gasteiger partial charge on any atom is -0.488 e. The van der Waals surface area contributed by atoms with E-state index >= 15 is 4.39 Å². The van der Waals surface area contributed by atoms with E-state index in [2.05, 4.69) is 42.8 Å². The van der Waals surface area contributed by atoms with Crippen LogP contribution in [0.15, 0.2) is 70.9 Å². The van der Waals surface area contributed by atoms with Crippen molar-refractivity contribution in [1.82, 2.24) is 20.6 Å². The zero-order valence-electron chi connectivity index (χ0n) is 56.3. The number of aliphatic carboxylic acids is 1. The number of hydrogen-bond acceptors (Lipinski definition) is 19. The smallest absolute Gasteiger partial charge is 0.416 e. The molecular formula is C68H95F2N11O16. The molecule has 0 bridgehead atoms. The third kappa shape index (κ3) is 32.6. The third-order valence-corrected chi connectivity index (χ3v) is 14.8. The highest BCUT2D eigenvalue weighted by molar-refractivity contribution is 5.88. The minimum absolute atomic E-state index is 0.00247. The molecule has 2 aliphatic rings. The molecule has 0 radical (unpaired) electrons. The maximum absolute atomic E-state index is 15.1. The third-order valence-electron chi connectivity index (χ3n) is 14.8. The Morgan fingerprint density at radius 2 is 1.06 bits per heavy atom. The molecule has 0 saturated carbocycles. The number of ether oxygens (including phenoxy) is 10.